The first-order valence-electron chi connectivity index (χ1n) is 55.2. The molecule has 17 heteroatoms. The highest BCUT2D eigenvalue weighted by Crippen LogP contribution is 2.34. The fraction of sp³-hybridized carbons (Fsp3) is 0.481. The van der Waals surface area contributed by atoms with E-state index in [2.05, 4.69) is 359 Å². The number of carbonyl (C=O) groups excluding carboxylic acids is 1. The minimum Gasteiger partial charge on any atom is -0.493 e. The number of H-pyrrole nitrogens is 1. The second kappa shape index (κ2) is 84.7. The second-order valence-corrected chi connectivity index (χ2v) is 47.3. The van der Waals surface area contributed by atoms with E-state index < -0.39 is 5.76 Å². The molecule has 0 amide bonds. The van der Waals surface area contributed by atoms with Gasteiger partial charge in [0.1, 0.15) is 30.3 Å². The molecule has 0 unspecified atom stereocenters. The van der Waals surface area contributed by atoms with Crippen LogP contribution in [0.5, 0.6) is 34.5 Å². The highest BCUT2D eigenvalue weighted by molar-refractivity contribution is 7.99. The lowest BCUT2D eigenvalue weighted by Gasteiger charge is -2.17. The first-order chi connectivity index (χ1) is 71.4. The van der Waals surface area contributed by atoms with E-state index in [0.29, 0.717) is 43.4 Å². The van der Waals surface area contributed by atoms with Gasteiger partial charge in [-0.15, -0.1) is 23.5 Å². The van der Waals surface area contributed by atoms with Crippen molar-refractivity contribution in [3.63, 3.8) is 0 Å². The van der Waals surface area contributed by atoms with Gasteiger partial charge in [0, 0.05) is 58.4 Å². The third-order valence-electron chi connectivity index (χ3n) is 17.8. The van der Waals surface area contributed by atoms with Crippen molar-refractivity contribution in [3.05, 3.63) is 332 Å². The Labute approximate surface area is 922 Å². The molecular weight excluding hydrogens is 1910 g/mol. The molecule has 13 aromatic rings. The molecule has 3 N–H and O–H groups in total. The molecule has 0 saturated heterocycles. The number of nitrogens with one attached hydrogen (secondary N) is 3. The number of benzene rings is 11. The zero-order valence-electron chi connectivity index (χ0n) is 98.6. The van der Waals surface area contributed by atoms with Gasteiger partial charge >= 0.3 is 10.7 Å². The van der Waals surface area contributed by atoms with Crippen LogP contribution in [-0.4, -0.2) is 68.6 Å². The molecule has 14 nitrogen and oxygen atoms in total. The molecule has 8 aliphatic heterocycles. The summed E-state index contributed by atoms with van der Waals surface area (Å²) in [6.45, 7) is 77.2. The molecule has 2 aromatic heterocycles. The van der Waals surface area contributed by atoms with Crippen LogP contribution >= 0.6 is 34.9 Å². The zero-order valence-corrected chi connectivity index (χ0v) is 101. The average Bonchev–Trinajstić information content (AvgIpc) is 1.80. The minimum atomic E-state index is -0.402. The lowest BCUT2D eigenvalue weighted by molar-refractivity contribution is 0.0994. The number of anilines is 2. The molecule has 22 rings (SSSR count). The second-order valence-electron chi connectivity index (χ2n) is 44.1. The summed E-state index contributed by atoms with van der Waals surface area (Å²) in [6.07, 6.45) is 12.7. The van der Waals surface area contributed by atoms with Crippen molar-refractivity contribution in [2.45, 2.75) is 309 Å². The minimum absolute atomic E-state index is 0.235. The van der Waals surface area contributed by atoms with Gasteiger partial charge in [0.05, 0.1) is 23.4 Å². The monoisotopic (exact) mass is 2110 g/mol. The number of ketones is 1. The van der Waals surface area contributed by atoms with Crippen molar-refractivity contribution in [1.82, 2.24) is 4.98 Å². The van der Waals surface area contributed by atoms with E-state index in [1.165, 1.54) is 111 Å². The number of aromatic amines is 1. The lowest BCUT2D eigenvalue weighted by Crippen LogP contribution is -2.14. The number of fused-ring (bicyclic) bond motifs is 11. The Morgan fingerprint density at radius 1 is 0.247 bits per heavy atom. The van der Waals surface area contributed by atoms with Gasteiger partial charge in [-0.3, -0.25) is 9.78 Å². The predicted molar refractivity (Wildman–Crippen MR) is 656 cm³/mol. The molecule has 0 saturated carbocycles. The van der Waals surface area contributed by atoms with E-state index in [4.69, 9.17) is 37.3 Å². The van der Waals surface area contributed by atoms with Crippen molar-refractivity contribution in [1.29, 1.82) is 0 Å². The van der Waals surface area contributed by atoms with Crippen LogP contribution in [0.15, 0.2) is 295 Å². The van der Waals surface area contributed by atoms with Crippen molar-refractivity contribution in [2.24, 2.45) is 65.1 Å². The average molecular weight is 2110 g/mol. The van der Waals surface area contributed by atoms with Crippen LogP contribution in [0, 0.1) is 65.1 Å². The summed E-state index contributed by atoms with van der Waals surface area (Å²) in [6, 6.07) is 88.5. The molecular formula is C133H197N3O11S3. The Morgan fingerprint density at radius 3 is 1.01 bits per heavy atom. The van der Waals surface area contributed by atoms with Gasteiger partial charge in [-0.25, -0.2) is 9.59 Å². The number of hydrogen-bond acceptors (Lipinski definition) is 16. The molecule has 0 bridgehead atoms. The lowest BCUT2D eigenvalue weighted by atomic mass is 10.0. The number of thioether (sulfide) groups is 2. The number of Topliss-reactive ketones (excluding diaryl/α,β-unsaturated/α-hetero) is 1. The number of ether oxygens (including phenoxy) is 6. The van der Waals surface area contributed by atoms with Gasteiger partial charge in [-0.2, -0.15) is 0 Å². The van der Waals surface area contributed by atoms with Crippen molar-refractivity contribution in [3.8, 4) is 34.5 Å². The van der Waals surface area contributed by atoms with Crippen LogP contribution in [0.2, 0.25) is 0 Å². The first-order valence-corrected chi connectivity index (χ1v) is 58.0. The highest BCUT2D eigenvalue weighted by Gasteiger charge is 2.19. The van der Waals surface area contributed by atoms with Crippen molar-refractivity contribution in [2.75, 3.05) is 68.4 Å². The van der Waals surface area contributed by atoms with Gasteiger partial charge in [-0.1, -0.05) is 422 Å². The van der Waals surface area contributed by atoms with E-state index in [1.54, 1.807) is 23.8 Å². The number of carbonyl (C=O) groups is 1. The van der Waals surface area contributed by atoms with Gasteiger partial charge < -0.3 is 47.9 Å². The van der Waals surface area contributed by atoms with Gasteiger partial charge in [0.15, 0.2) is 34.4 Å². The Morgan fingerprint density at radius 2 is 0.580 bits per heavy atom. The van der Waals surface area contributed by atoms with Crippen molar-refractivity contribution < 1.29 is 42.1 Å². The number of para-hydroxylation sites is 11. The molecule has 828 valence electrons. The van der Waals surface area contributed by atoms with Gasteiger partial charge in [-0.05, 0) is 253 Å². The van der Waals surface area contributed by atoms with Gasteiger partial charge in [0.2, 0.25) is 6.79 Å². The predicted octanol–water partition coefficient (Wildman–Crippen LogP) is 38.3. The van der Waals surface area contributed by atoms with Gasteiger partial charge in [0.25, 0.3) is 0 Å². The normalized spacial score (nSPS) is 12.7. The molecule has 150 heavy (non-hydrogen) atoms. The third kappa shape index (κ3) is 72.6. The molecule has 0 atom stereocenters. The molecule has 9 aliphatic rings. The summed E-state index contributed by atoms with van der Waals surface area (Å²) in [7, 11) is 0. The van der Waals surface area contributed by atoms with E-state index in [-0.39, 0.29) is 4.94 Å². The van der Waals surface area contributed by atoms with E-state index in [0.717, 1.165) is 172 Å². The number of rotatable bonds is 0. The molecule has 10 heterocycles. The Hall–Kier alpha value is -10.9. The van der Waals surface area contributed by atoms with Crippen molar-refractivity contribution >= 4 is 73.4 Å². The quantitative estimate of drug-likeness (QED) is 0.131. The fourth-order valence-electron chi connectivity index (χ4n) is 12.4. The Balaban J connectivity index is 0.000000795. The van der Waals surface area contributed by atoms with Crippen LogP contribution in [-0.2, 0) is 44.9 Å². The summed E-state index contributed by atoms with van der Waals surface area (Å²) < 4.78 is 42.0. The number of aromatic nitrogens is 1. The number of hydrogen-bond donors (Lipinski definition) is 3. The SMILES string of the molecule is CC(C)C.CC(C)C.CC(C)C.CC(C)C.CC(C)C.CC(C)C.CC(C)C.CC(C)C.CC(C)C.CC(C)C.CC(C)C.O=C1CCc2ccccc21.O=c1[nH]c2ccccc2o1.O=c1oc2ccccc2s1.c1ccc2c(c1)CCCN2.c1ccc2c(c1)CCCO2.c1ccc2c(c1)CCCS2.c1ccc2c(c1)CCN2.c1ccc2c(c1)CCO2.c1ccc2c(c1)CCS2.c1ccc2c(c1)OCCO2.c1ccc2c(c1)OCO2. The van der Waals surface area contributed by atoms with Crippen LogP contribution in [0.1, 0.15) is 303 Å². The molecule has 0 radical (unpaired) electrons. The van der Waals surface area contributed by atoms with E-state index in [9.17, 15) is 14.4 Å². The summed E-state index contributed by atoms with van der Waals surface area (Å²) in [5.74, 6) is 17.2. The standard InChI is InChI=1S/C9H11N.C9H10O.C9H8O.C9H10S.C8H9N.C8H8O2.C8H8O.C8H8S.C7H5NO2.C7H4O2S.C7H6O2.11C4H10/c2*1-2-6-9-8(4-1)5-3-7-10-9;10-9-6-5-7-3-1-2-4-8(7)9;1-2-6-9-8(4-1)5-3-7-10-9;1-2-4-8-7(3-1)5-6-9-8;1-2-4-8-7(3-1)9-5-6-10-8;2*1-2-4-8-7(3-1)5-6-9-8;9-7-8-5-3-1-2-4-6(5)10-7;8-7-9-5-3-1-2-4-6(5)10-7;1-2-4-7-6(3-1)8-5-9-7;11*1-4(2)3/h1-2,4,6,10H,3,5,7H2;1-2,4,6H,3,5,7H2;1-4H,5-6H2;1-2,4,6H,3,5,7H2;1-4,9H,5-6H2;1-4H,5-6H2;2*1-4H,5-6H2;1-4H,(H,8,9);1-4H;1-4H,5H2;11*4H,1-3H3. The number of oxazole rings is 1. The smallest absolute Gasteiger partial charge is 0.417 e. The molecule has 0 spiro atoms. The maximum Gasteiger partial charge on any atom is 0.417 e. The third-order valence-corrected chi connectivity index (χ3v) is 20.9. The maximum absolute atomic E-state index is 11.1. The maximum atomic E-state index is 11.1. The largest absolute Gasteiger partial charge is 0.493 e. The molecule has 1 aliphatic carbocycles. The topological polar surface area (TPSA) is 173 Å². The van der Waals surface area contributed by atoms with Crippen LogP contribution in [0.25, 0.3) is 21.4 Å². The zero-order chi connectivity index (χ0) is 112. The van der Waals surface area contributed by atoms with Crippen LogP contribution < -0.4 is 49.8 Å². The van der Waals surface area contributed by atoms with Crippen LogP contribution in [0.3, 0.4) is 0 Å². The Bertz CT molecular complexity index is 4770. The first kappa shape index (κ1) is 137. The van der Waals surface area contributed by atoms with Crippen LogP contribution in [0.4, 0.5) is 11.4 Å². The highest BCUT2D eigenvalue weighted by atomic mass is 32.2. The molecule has 11 aromatic carbocycles. The summed E-state index contributed by atoms with van der Waals surface area (Å²) >= 11 is 5.09. The van der Waals surface area contributed by atoms with E-state index >= 15 is 0 Å². The fourth-order valence-corrected chi connectivity index (χ4v) is 15.2. The summed E-state index contributed by atoms with van der Waals surface area (Å²) in [5, 5.41) is 6.66. The van der Waals surface area contributed by atoms with E-state index in [1.807, 2.05) is 157 Å². The molecule has 0 fully saturated rings. The number of aryl methyl sites for hydroxylation is 5. The summed E-state index contributed by atoms with van der Waals surface area (Å²) in [5.41, 5.74) is 15.5. The summed E-state index contributed by atoms with van der Waals surface area (Å²) in [4.78, 5) is 37.6. The Kier molecular flexibility index (Phi) is 77.5.